The van der Waals surface area contributed by atoms with Crippen molar-refractivity contribution in [2.75, 3.05) is 18.7 Å². The molecule has 4 N–H and O–H groups in total. The van der Waals surface area contributed by atoms with Crippen LogP contribution in [0.4, 0.5) is 5.95 Å². The molecule has 12 nitrogen and oxygen atoms in total. The smallest absolute Gasteiger partial charge is 0.809 e. The van der Waals surface area contributed by atoms with Crippen LogP contribution in [0.15, 0.2) is 11.1 Å². The summed E-state index contributed by atoms with van der Waals surface area (Å²) in [5, 5.41) is 8.99. The molecule has 0 saturated carbocycles. The molecule has 1 atom stereocenters. The van der Waals surface area contributed by atoms with Gasteiger partial charge in [0.05, 0.1) is 19.3 Å². The number of nitrogens with zero attached hydrogens (tertiary/aromatic N) is 3. The van der Waals surface area contributed by atoms with E-state index < -0.39 is 32.4 Å². The first-order chi connectivity index (χ1) is 10.3. The number of anilines is 1. The van der Waals surface area contributed by atoms with E-state index in [-0.39, 0.29) is 83.0 Å². The van der Waals surface area contributed by atoms with E-state index in [9.17, 15) is 19.1 Å². The summed E-state index contributed by atoms with van der Waals surface area (Å²) in [6.07, 6.45) is -1.21. The molecule has 0 spiro atoms. The summed E-state index contributed by atoms with van der Waals surface area (Å²) in [7, 11) is -4.88. The number of imidazole rings is 1. The zero-order chi connectivity index (χ0) is 16.3. The fraction of sp³-hybridized carbons (Fsp3) is 0.444. The molecule has 24 heavy (non-hydrogen) atoms. The number of aromatic nitrogens is 4. The Hall–Kier alpha value is 0.180. The van der Waals surface area contributed by atoms with Crippen LogP contribution in [0.3, 0.4) is 0 Å². The molecule has 0 amide bonds. The van der Waals surface area contributed by atoms with Crippen LogP contribution in [-0.4, -0.2) is 43.9 Å². The minimum absolute atomic E-state index is 0. The van der Waals surface area contributed by atoms with Gasteiger partial charge in [0.1, 0.15) is 6.73 Å². The van der Waals surface area contributed by atoms with Crippen molar-refractivity contribution >= 4 is 24.7 Å². The Labute approximate surface area is 179 Å². The van der Waals surface area contributed by atoms with E-state index in [4.69, 9.17) is 15.6 Å². The first kappa shape index (κ1) is 24.2. The van der Waals surface area contributed by atoms with Gasteiger partial charge in [-0.2, -0.15) is 4.98 Å². The number of rotatable bonds is 7. The van der Waals surface area contributed by atoms with E-state index in [0.29, 0.717) is 0 Å². The van der Waals surface area contributed by atoms with E-state index in [1.165, 1.54) is 10.9 Å². The Kier molecular flexibility index (Phi) is 10.4. The van der Waals surface area contributed by atoms with E-state index in [1.807, 2.05) is 0 Å². The maximum absolute atomic E-state index is 11.6. The molecule has 0 saturated heterocycles. The van der Waals surface area contributed by atoms with Gasteiger partial charge < -0.3 is 34.7 Å². The molecule has 0 fully saturated rings. The largest absolute Gasteiger partial charge is 1.00 e. The number of aromatic amines is 1. The normalized spacial score (nSPS) is 12.5. The van der Waals surface area contributed by atoms with Gasteiger partial charge in [-0.1, -0.05) is 0 Å². The predicted octanol–water partition coefficient (Wildman–Crippen LogP) is -9.11. The number of H-pyrrole nitrogens is 1. The monoisotopic (exact) mass is 379 g/mol. The zero-order valence-electron chi connectivity index (χ0n) is 13.0. The van der Waals surface area contributed by atoms with Crippen molar-refractivity contribution in [3.63, 3.8) is 0 Å². The summed E-state index contributed by atoms with van der Waals surface area (Å²) in [5.41, 5.74) is 5.05. The van der Waals surface area contributed by atoms with Gasteiger partial charge in [-0.15, -0.1) is 0 Å². The third kappa shape index (κ3) is 6.83. The fourth-order valence-corrected chi connectivity index (χ4v) is 1.91. The Morgan fingerprint density at radius 1 is 1.42 bits per heavy atom. The maximum Gasteiger partial charge on any atom is 1.00 e. The van der Waals surface area contributed by atoms with Crippen LogP contribution in [0, 0.1) is 0 Å². The summed E-state index contributed by atoms with van der Waals surface area (Å²) in [4.78, 5) is 42.5. The number of hydrogen-bond donors (Lipinski definition) is 3. The van der Waals surface area contributed by atoms with Crippen molar-refractivity contribution in [2.24, 2.45) is 0 Å². The topological polar surface area (TPSA) is 191 Å². The second-order valence-electron chi connectivity index (χ2n) is 4.15. The molecule has 0 aliphatic rings. The Balaban J connectivity index is 0.00000264. The van der Waals surface area contributed by atoms with Crippen molar-refractivity contribution in [1.29, 1.82) is 0 Å². The number of aliphatic hydroxyl groups excluding tert-OH is 1. The van der Waals surface area contributed by atoms with E-state index in [0.717, 1.165) is 0 Å². The summed E-state index contributed by atoms with van der Waals surface area (Å²) in [5.74, 6) is -0.118. The quantitative estimate of drug-likeness (QED) is 0.236. The van der Waals surface area contributed by atoms with Crippen LogP contribution in [-0.2, 0) is 20.8 Å². The molecule has 15 heteroatoms. The first-order valence-electron chi connectivity index (χ1n) is 5.86. The number of aliphatic hydroxyl groups is 1. The summed E-state index contributed by atoms with van der Waals surface area (Å²) in [6.45, 7) is -0.942. The summed E-state index contributed by atoms with van der Waals surface area (Å²) >= 11 is 0. The second-order valence-corrected chi connectivity index (χ2v) is 5.63. The molecule has 1 unspecified atom stereocenters. The molecule has 0 aliphatic heterocycles. The number of nitrogens with one attached hydrogen (secondary N) is 1. The average Bonchev–Trinajstić information content (AvgIpc) is 2.81. The fourth-order valence-electron chi connectivity index (χ4n) is 1.56. The molecule has 0 bridgehead atoms. The third-order valence-corrected chi connectivity index (χ3v) is 2.93. The van der Waals surface area contributed by atoms with E-state index in [2.05, 4.69) is 19.7 Å². The van der Waals surface area contributed by atoms with Gasteiger partial charge in [-0.25, -0.2) is 4.98 Å². The summed E-state index contributed by atoms with van der Waals surface area (Å²) in [6, 6.07) is 0. The molecule has 2 aromatic rings. The molecule has 0 aliphatic carbocycles. The standard InChI is InChI=1S/C9H14N5O7P.2Na/c10-9-12-7-6(8(16)13-9)11-2-14(7)3-20-5(1-15)21-4-22(17,18)19;;/h2,5,15H,1,3-4H2,(H2,17,18,19)(H3,10,12,13,16);;/q;2*+1/p-2. The van der Waals surface area contributed by atoms with Gasteiger partial charge in [0.15, 0.2) is 17.5 Å². The average molecular weight is 379 g/mol. The van der Waals surface area contributed by atoms with Crippen molar-refractivity contribution in [2.45, 2.75) is 13.0 Å². The molecule has 2 aromatic heterocycles. The number of fused-ring (bicyclic) bond motifs is 1. The van der Waals surface area contributed by atoms with Crippen molar-refractivity contribution in [1.82, 2.24) is 19.5 Å². The zero-order valence-corrected chi connectivity index (χ0v) is 17.9. The molecular formula is C9H12N5Na2O7P. The molecular weight excluding hydrogens is 367 g/mol. The van der Waals surface area contributed by atoms with Crippen LogP contribution < -0.4 is 80.2 Å². The van der Waals surface area contributed by atoms with Gasteiger partial charge in [-0.3, -0.25) is 14.3 Å². The van der Waals surface area contributed by atoms with Crippen molar-refractivity contribution < 1.29 is 88.0 Å². The van der Waals surface area contributed by atoms with Gasteiger partial charge in [-0.05, 0) is 7.60 Å². The maximum atomic E-state index is 11.6. The number of nitrogens with two attached hydrogens (primary N) is 1. The second kappa shape index (κ2) is 10.4. The molecule has 2 heterocycles. The van der Waals surface area contributed by atoms with Crippen LogP contribution in [0.5, 0.6) is 0 Å². The van der Waals surface area contributed by atoms with Crippen LogP contribution in [0.25, 0.3) is 11.2 Å². The van der Waals surface area contributed by atoms with Gasteiger partial charge in [0.2, 0.25) is 5.95 Å². The van der Waals surface area contributed by atoms with E-state index in [1.54, 1.807) is 0 Å². The van der Waals surface area contributed by atoms with Crippen molar-refractivity contribution in [3.8, 4) is 0 Å². The predicted molar refractivity (Wildman–Crippen MR) is 68.1 cm³/mol. The van der Waals surface area contributed by atoms with E-state index >= 15 is 0 Å². The molecule has 2 rings (SSSR count). The summed E-state index contributed by atoms with van der Waals surface area (Å²) < 4.78 is 21.4. The number of ether oxygens (including phenoxy) is 2. The number of hydrogen-bond acceptors (Lipinski definition) is 10. The number of nitrogen functional groups attached to an aromatic ring is 1. The van der Waals surface area contributed by atoms with Gasteiger partial charge in [0.25, 0.3) is 5.56 Å². The first-order valence-corrected chi connectivity index (χ1v) is 7.58. The SMILES string of the molecule is Nc1nc2c(ncn2COC(CO)OCP(=O)([O-])[O-])c(=O)[nH]1.[Na+].[Na+]. The minimum atomic E-state index is -4.88. The van der Waals surface area contributed by atoms with Crippen LogP contribution in [0.1, 0.15) is 0 Å². The Morgan fingerprint density at radius 3 is 2.67 bits per heavy atom. The van der Waals surface area contributed by atoms with Crippen LogP contribution in [0.2, 0.25) is 0 Å². The molecule has 122 valence electrons. The molecule has 0 aromatic carbocycles. The van der Waals surface area contributed by atoms with Gasteiger partial charge in [0, 0.05) is 0 Å². The Morgan fingerprint density at radius 2 is 2.08 bits per heavy atom. The molecule has 0 radical (unpaired) electrons. The third-order valence-electron chi connectivity index (χ3n) is 2.46. The Bertz CT molecular complexity index is 762. The van der Waals surface area contributed by atoms with Crippen molar-refractivity contribution in [3.05, 3.63) is 16.7 Å². The minimum Gasteiger partial charge on any atom is -0.809 e. The van der Waals surface area contributed by atoms with Crippen LogP contribution >= 0.6 is 7.60 Å². The van der Waals surface area contributed by atoms with Gasteiger partial charge >= 0.3 is 59.1 Å².